The van der Waals surface area contributed by atoms with Crippen LogP contribution in [0.15, 0.2) is 11.0 Å². The fraction of sp³-hybridized carbons (Fsp3) is 0.643. The Balaban J connectivity index is 0. The van der Waals surface area contributed by atoms with E-state index in [1.807, 2.05) is 20.8 Å². The van der Waals surface area contributed by atoms with Crippen LogP contribution < -0.4 is 0 Å². The first kappa shape index (κ1) is 17.3. The van der Waals surface area contributed by atoms with Gasteiger partial charge in [0.15, 0.2) is 5.89 Å². The highest BCUT2D eigenvalue weighted by Gasteiger charge is 2.10. The second kappa shape index (κ2) is 9.20. The van der Waals surface area contributed by atoms with Crippen LogP contribution in [0.2, 0.25) is 0 Å². The van der Waals surface area contributed by atoms with Crippen molar-refractivity contribution in [2.24, 2.45) is 5.92 Å². The summed E-state index contributed by atoms with van der Waals surface area (Å²) in [7, 11) is 0. The maximum Gasteiger partial charge on any atom is 0.191 e. The molecule has 0 saturated carbocycles. The molecule has 1 aromatic heterocycles. The predicted octanol–water partition coefficient (Wildman–Crippen LogP) is 4.88. The summed E-state index contributed by atoms with van der Waals surface area (Å²) < 4.78 is 5.50. The number of aryl methyl sites for hydroxylation is 1. The molecule has 0 aliphatic heterocycles. The number of hydrogen-bond donors (Lipinski definition) is 0. The quantitative estimate of drug-likeness (QED) is 0.730. The van der Waals surface area contributed by atoms with E-state index in [0.29, 0.717) is 5.92 Å². The predicted molar refractivity (Wildman–Crippen MR) is 72.6 cm³/mol. The third-order valence-electron chi connectivity index (χ3n) is 2.26. The lowest BCUT2D eigenvalue weighted by atomic mass is 10.0. The second-order valence-electron chi connectivity index (χ2n) is 3.46. The summed E-state index contributed by atoms with van der Waals surface area (Å²) in [6.07, 6.45) is 3.88. The van der Waals surface area contributed by atoms with Gasteiger partial charge in [0.05, 0.1) is 0 Å². The monoisotopic (exact) mass is 225 g/mol. The smallest absolute Gasteiger partial charge is 0.191 e. The van der Waals surface area contributed by atoms with Crippen molar-refractivity contribution in [3.05, 3.63) is 23.9 Å². The van der Waals surface area contributed by atoms with Crippen molar-refractivity contribution in [3.63, 3.8) is 0 Å². The van der Waals surface area contributed by atoms with E-state index in [2.05, 4.69) is 25.4 Å². The molecule has 2 heteroatoms. The maximum atomic E-state index is 5.50. The standard InChI is InChI=1S/C11H17NO.C2H6.CH4/c1-5-8(3)7-11-10(6-2)12-9(4)13-11;1-2;/h6,8H,2,5,7H2,1,3-4H3;1-2H3;1H4. The summed E-state index contributed by atoms with van der Waals surface area (Å²) in [5.74, 6) is 2.35. The van der Waals surface area contributed by atoms with Crippen LogP contribution in [-0.2, 0) is 6.42 Å². The van der Waals surface area contributed by atoms with Gasteiger partial charge < -0.3 is 4.42 Å². The van der Waals surface area contributed by atoms with Crippen LogP contribution in [0, 0.1) is 12.8 Å². The van der Waals surface area contributed by atoms with Crippen molar-refractivity contribution in [1.82, 2.24) is 4.98 Å². The molecule has 94 valence electrons. The van der Waals surface area contributed by atoms with Gasteiger partial charge in [-0.1, -0.05) is 48.1 Å². The van der Waals surface area contributed by atoms with Crippen molar-refractivity contribution < 1.29 is 4.42 Å². The molecule has 0 aromatic carbocycles. The molecule has 1 atom stereocenters. The van der Waals surface area contributed by atoms with Crippen LogP contribution in [0.3, 0.4) is 0 Å². The van der Waals surface area contributed by atoms with Crippen molar-refractivity contribution in [1.29, 1.82) is 0 Å². The van der Waals surface area contributed by atoms with Gasteiger partial charge in [0, 0.05) is 13.3 Å². The van der Waals surface area contributed by atoms with Crippen LogP contribution in [0.1, 0.15) is 58.9 Å². The molecule has 1 rings (SSSR count). The molecular weight excluding hydrogens is 198 g/mol. The SMILES string of the molecule is C.C=Cc1nc(C)oc1CC(C)CC.CC. The molecule has 0 radical (unpaired) electrons. The van der Waals surface area contributed by atoms with E-state index in [-0.39, 0.29) is 7.43 Å². The van der Waals surface area contributed by atoms with Gasteiger partial charge in [0.1, 0.15) is 11.5 Å². The average Bonchev–Trinajstić information content (AvgIpc) is 2.61. The summed E-state index contributed by atoms with van der Waals surface area (Å²) in [5.41, 5.74) is 0.901. The molecule has 0 aliphatic rings. The molecule has 0 fully saturated rings. The van der Waals surface area contributed by atoms with Gasteiger partial charge in [0.25, 0.3) is 0 Å². The number of aromatic nitrogens is 1. The maximum absolute atomic E-state index is 5.50. The molecule has 0 saturated heterocycles. The largest absolute Gasteiger partial charge is 0.445 e. The Bertz CT molecular complexity index is 289. The topological polar surface area (TPSA) is 26.0 Å². The summed E-state index contributed by atoms with van der Waals surface area (Å²) >= 11 is 0. The summed E-state index contributed by atoms with van der Waals surface area (Å²) in [4.78, 5) is 4.23. The Kier molecular flexibility index (Phi) is 9.97. The Hall–Kier alpha value is -1.05. The van der Waals surface area contributed by atoms with Crippen molar-refractivity contribution in [3.8, 4) is 0 Å². The Morgan fingerprint density at radius 1 is 1.44 bits per heavy atom. The second-order valence-corrected chi connectivity index (χ2v) is 3.46. The minimum absolute atomic E-state index is 0. The first-order chi connectivity index (χ1) is 7.17. The zero-order valence-corrected chi connectivity index (χ0v) is 10.6. The number of nitrogens with zero attached hydrogens (tertiary/aromatic N) is 1. The van der Waals surface area contributed by atoms with Crippen LogP contribution in [0.25, 0.3) is 6.08 Å². The van der Waals surface area contributed by atoms with E-state index in [0.717, 1.165) is 30.2 Å². The highest BCUT2D eigenvalue weighted by atomic mass is 16.4. The van der Waals surface area contributed by atoms with Gasteiger partial charge in [0.2, 0.25) is 0 Å². The van der Waals surface area contributed by atoms with Crippen LogP contribution in [-0.4, -0.2) is 4.98 Å². The van der Waals surface area contributed by atoms with Gasteiger partial charge >= 0.3 is 0 Å². The molecule has 0 bridgehead atoms. The average molecular weight is 225 g/mol. The highest BCUT2D eigenvalue weighted by molar-refractivity contribution is 5.43. The van der Waals surface area contributed by atoms with Crippen molar-refractivity contribution in [2.75, 3.05) is 0 Å². The fourth-order valence-corrected chi connectivity index (χ4v) is 1.25. The molecule has 16 heavy (non-hydrogen) atoms. The third-order valence-corrected chi connectivity index (χ3v) is 2.26. The van der Waals surface area contributed by atoms with E-state index in [4.69, 9.17) is 4.42 Å². The molecule has 2 nitrogen and oxygen atoms in total. The third kappa shape index (κ3) is 5.15. The first-order valence-corrected chi connectivity index (χ1v) is 5.76. The number of oxazole rings is 1. The summed E-state index contributed by atoms with van der Waals surface area (Å²) in [5, 5.41) is 0. The van der Waals surface area contributed by atoms with Gasteiger partial charge in [-0.2, -0.15) is 0 Å². The van der Waals surface area contributed by atoms with Crippen LogP contribution in [0.5, 0.6) is 0 Å². The molecule has 1 heterocycles. The van der Waals surface area contributed by atoms with Gasteiger partial charge in [-0.15, -0.1) is 0 Å². The van der Waals surface area contributed by atoms with E-state index in [9.17, 15) is 0 Å². The van der Waals surface area contributed by atoms with Crippen LogP contribution >= 0.6 is 0 Å². The highest BCUT2D eigenvalue weighted by Crippen LogP contribution is 2.17. The summed E-state index contributed by atoms with van der Waals surface area (Å²) in [6.45, 7) is 14.0. The summed E-state index contributed by atoms with van der Waals surface area (Å²) in [6, 6.07) is 0. The lowest BCUT2D eigenvalue weighted by Crippen LogP contribution is -1.97. The van der Waals surface area contributed by atoms with E-state index < -0.39 is 0 Å². The number of hydrogen-bond acceptors (Lipinski definition) is 2. The lowest BCUT2D eigenvalue weighted by molar-refractivity contribution is 0.431. The van der Waals surface area contributed by atoms with Gasteiger partial charge in [-0.3, -0.25) is 0 Å². The lowest BCUT2D eigenvalue weighted by Gasteiger charge is -2.04. The number of rotatable bonds is 4. The molecule has 1 aromatic rings. The van der Waals surface area contributed by atoms with E-state index >= 15 is 0 Å². The normalized spacial score (nSPS) is 10.8. The Morgan fingerprint density at radius 3 is 2.44 bits per heavy atom. The van der Waals surface area contributed by atoms with E-state index in [1.165, 1.54) is 0 Å². The minimum Gasteiger partial charge on any atom is -0.445 e. The fourth-order valence-electron chi connectivity index (χ4n) is 1.25. The first-order valence-electron chi connectivity index (χ1n) is 5.76. The molecule has 0 spiro atoms. The van der Waals surface area contributed by atoms with E-state index in [1.54, 1.807) is 6.08 Å². The zero-order valence-electron chi connectivity index (χ0n) is 10.6. The molecular formula is C14H27NO. The molecule has 0 amide bonds. The van der Waals surface area contributed by atoms with Crippen molar-refractivity contribution >= 4 is 6.08 Å². The van der Waals surface area contributed by atoms with Crippen molar-refractivity contribution in [2.45, 2.75) is 54.9 Å². The molecule has 0 aliphatic carbocycles. The van der Waals surface area contributed by atoms with Gasteiger partial charge in [-0.25, -0.2) is 4.98 Å². The zero-order chi connectivity index (χ0) is 11.8. The molecule has 1 unspecified atom stereocenters. The minimum atomic E-state index is 0. The Labute approximate surface area is 101 Å². The Morgan fingerprint density at radius 2 is 2.00 bits per heavy atom. The van der Waals surface area contributed by atoms with Gasteiger partial charge in [-0.05, 0) is 12.0 Å². The molecule has 0 N–H and O–H groups in total. The van der Waals surface area contributed by atoms with Crippen LogP contribution in [0.4, 0.5) is 0 Å².